The summed E-state index contributed by atoms with van der Waals surface area (Å²) in [6, 6.07) is 7.54. The third-order valence-corrected chi connectivity index (χ3v) is 3.85. The Bertz CT molecular complexity index is 749. The van der Waals surface area contributed by atoms with Crippen LogP contribution < -0.4 is 5.32 Å². The second-order valence-electron chi connectivity index (χ2n) is 5.44. The van der Waals surface area contributed by atoms with E-state index in [1.54, 1.807) is 12.1 Å². The van der Waals surface area contributed by atoms with Crippen LogP contribution in [0.15, 0.2) is 36.5 Å². The lowest BCUT2D eigenvalue weighted by atomic mass is 10.2. The molecule has 1 N–H and O–H groups in total. The second kappa shape index (κ2) is 9.94. The quantitative estimate of drug-likeness (QED) is 0.284. The summed E-state index contributed by atoms with van der Waals surface area (Å²) in [4.78, 5) is 25.9. The SMILES string of the molecule is O=C(OCCCCCNc1ccc([N+](=O)[O-])cn1)c1cc(Cl)cc(Cl)c1. The number of benzene rings is 1. The van der Waals surface area contributed by atoms with Gasteiger partial charge in [-0.1, -0.05) is 23.2 Å². The number of halogens is 2. The number of nitrogens with one attached hydrogen (secondary N) is 1. The topological polar surface area (TPSA) is 94.4 Å². The lowest BCUT2D eigenvalue weighted by Gasteiger charge is -2.07. The van der Waals surface area contributed by atoms with Crippen LogP contribution in [-0.4, -0.2) is 29.0 Å². The number of nitrogens with zero attached hydrogens (tertiary/aromatic N) is 2. The molecule has 26 heavy (non-hydrogen) atoms. The number of pyridine rings is 1. The van der Waals surface area contributed by atoms with Crippen LogP contribution in [0.5, 0.6) is 0 Å². The molecule has 2 aromatic rings. The largest absolute Gasteiger partial charge is 0.462 e. The minimum atomic E-state index is -0.491. The van der Waals surface area contributed by atoms with Gasteiger partial charge in [0.05, 0.1) is 17.1 Å². The Hall–Kier alpha value is -2.38. The molecule has 0 amide bonds. The Kier molecular flexibility index (Phi) is 7.62. The summed E-state index contributed by atoms with van der Waals surface area (Å²) in [5, 5.41) is 14.4. The third kappa shape index (κ3) is 6.50. The molecule has 1 aromatic heterocycles. The maximum atomic E-state index is 11.9. The van der Waals surface area contributed by atoms with Crippen LogP contribution in [0.1, 0.15) is 29.6 Å². The highest BCUT2D eigenvalue weighted by Crippen LogP contribution is 2.19. The van der Waals surface area contributed by atoms with E-state index in [0.29, 0.717) is 34.6 Å². The predicted octanol–water partition coefficient (Wildman–Crippen LogP) is 4.74. The van der Waals surface area contributed by atoms with Crippen LogP contribution in [0.2, 0.25) is 10.0 Å². The van der Waals surface area contributed by atoms with E-state index in [4.69, 9.17) is 27.9 Å². The number of carbonyl (C=O) groups excluding carboxylic acids is 1. The van der Waals surface area contributed by atoms with Crippen molar-refractivity contribution in [3.8, 4) is 0 Å². The molecule has 0 aliphatic rings. The number of anilines is 1. The molecular formula is C17H17Cl2N3O4. The molecule has 0 radical (unpaired) electrons. The maximum Gasteiger partial charge on any atom is 0.338 e. The Balaban J connectivity index is 1.60. The number of esters is 1. The predicted molar refractivity (Wildman–Crippen MR) is 100.0 cm³/mol. The zero-order chi connectivity index (χ0) is 18.9. The molecule has 0 bridgehead atoms. The zero-order valence-corrected chi connectivity index (χ0v) is 15.3. The second-order valence-corrected chi connectivity index (χ2v) is 6.31. The molecule has 0 aliphatic carbocycles. The van der Waals surface area contributed by atoms with Crippen LogP contribution in [-0.2, 0) is 4.74 Å². The smallest absolute Gasteiger partial charge is 0.338 e. The zero-order valence-electron chi connectivity index (χ0n) is 13.8. The molecule has 0 saturated carbocycles. The average Bonchev–Trinajstić information content (AvgIpc) is 2.60. The van der Waals surface area contributed by atoms with Gasteiger partial charge in [0.15, 0.2) is 0 Å². The van der Waals surface area contributed by atoms with Gasteiger partial charge in [-0.05, 0) is 43.5 Å². The van der Waals surface area contributed by atoms with E-state index < -0.39 is 10.9 Å². The van der Waals surface area contributed by atoms with Gasteiger partial charge >= 0.3 is 5.97 Å². The number of carbonyl (C=O) groups is 1. The monoisotopic (exact) mass is 397 g/mol. The van der Waals surface area contributed by atoms with Crippen molar-refractivity contribution in [1.29, 1.82) is 0 Å². The molecule has 0 atom stereocenters. The standard InChI is InChI=1S/C17H17Cl2N3O4/c18-13-8-12(9-14(19)10-13)17(23)26-7-3-1-2-6-20-16-5-4-15(11-21-16)22(24)25/h4-5,8-11H,1-3,6-7H2,(H,20,21). The molecule has 138 valence electrons. The highest BCUT2D eigenvalue weighted by Gasteiger charge is 2.09. The highest BCUT2D eigenvalue weighted by atomic mass is 35.5. The fraction of sp³-hybridized carbons (Fsp3) is 0.294. The van der Waals surface area contributed by atoms with Crippen LogP contribution in [0.4, 0.5) is 11.5 Å². The molecule has 9 heteroatoms. The summed E-state index contributed by atoms with van der Waals surface area (Å²) in [7, 11) is 0. The molecule has 1 aromatic carbocycles. The van der Waals surface area contributed by atoms with E-state index in [0.717, 1.165) is 19.3 Å². The van der Waals surface area contributed by atoms with Crippen molar-refractivity contribution in [2.45, 2.75) is 19.3 Å². The fourth-order valence-corrected chi connectivity index (χ4v) is 2.66. The fourth-order valence-electron chi connectivity index (χ4n) is 2.14. The average molecular weight is 398 g/mol. The lowest BCUT2D eigenvalue weighted by molar-refractivity contribution is -0.385. The molecule has 0 aliphatic heterocycles. The summed E-state index contributed by atoms with van der Waals surface area (Å²) < 4.78 is 5.19. The first-order valence-electron chi connectivity index (χ1n) is 7.93. The van der Waals surface area contributed by atoms with Crippen LogP contribution in [0.25, 0.3) is 0 Å². The minimum absolute atomic E-state index is 0.0432. The van der Waals surface area contributed by atoms with Gasteiger partial charge in [0.2, 0.25) is 0 Å². The van der Waals surface area contributed by atoms with E-state index in [-0.39, 0.29) is 5.69 Å². The van der Waals surface area contributed by atoms with Crippen molar-refractivity contribution < 1.29 is 14.5 Å². The van der Waals surface area contributed by atoms with Crippen molar-refractivity contribution in [2.24, 2.45) is 0 Å². The summed E-state index contributed by atoms with van der Waals surface area (Å²) in [6.07, 6.45) is 3.63. The van der Waals surface area contributed by atoms with Gasteiger partial charge in [0.25, 0.3) is 5.69 Å². The Morgan fingerprint density at radius 3 is 2.50 bits per heavy atom. The van der Waals surface area contributed by atoms with Crippen molar-refractivity contribution in [3.63, 3.8) is 0 Å². The van der Waals surface area contributed by atoms with Gasteiger partial charge in [-0.25, -0.2) is 9.78 Å². The van der Waals surface area contributed by atoms with Crippen molar-refractivity contribution >= 4 is 40.7 Å². The molecule has 1 heterocycles. The van der Waals surface area contributed by atoms with Crippen molar-refractivity contribution in [2.75, 3.05) is 18.5 Å². The number of ether oxygens (including phenoxy) is 1. The number of rotatable bonds is 9. The molecule has 0 saturated heterocycles. The number of hydrogen-bond acceptors (Lipinski definition) is 6. The molecule has 0 spiro atoms. The molecule has 0 fully saturated rings. The third-order valence-electron chi connectivity index (χ3n) is 3.42. The maximum absolute atomic E-state index is 11.9. The first kappa shape index (κ1) is 19.9. The van der Waals surface area contributed by atoms with Crippen molar-refractivity contribution in [1.82, 2.24) is 4.98 Å². The van der Waals surface area contributed by atoms with E-state index >= 15 is 0 Å². The van der Waals surface area contributed by atoms with Crippen molar-refractivity contribution in [3.05, 3.63) is 62.3 Å². The first-order valence-corrected chi connectivity index (χ1v) is 8.69. The van der Waals surface area contributed by atoms with Gasteiger partial charge in [0.1, 0.15) is 12.0 Å². The summed E-state index contributed by atoms with van der Waals surface area (Å²) in [5.41, 5.74) is 0.284. The van der Waals surface area contributed by atoms with Crippen LogP contribution >= 0.6 is 23.2 Å². The summed E-state index contributed by atoms with van der Waals surface area (Å²) in [5.74, 6) is 0.127. The number of hydrogen-bond donors (Lipinski definition) is 1. The lowest BCUT2D eigenvalue weighted by Crippen LogP contribution is -2.07. The van der Waals surface area contributed by atoms with E-state index in [2.05, 4.69) is 10.3 Å². The van der Waals surface area contributed by atoms with Gasteiger partial charge < -0.3 is 10.1 Å². The highest BCUT2D eigenvalue weighted by molar-refractivity contribution is 6.35. The van der Waals surface area contributed by atoms with Gasteiger partial charge in [-0.2, -0.15) is 0 Å². The van der Waals surface area contributed by atoms with Crippen LogP contribution in [0.3, 0.4) is 0 Å². The van der Waals surface area contributed by atoms with Gasteiger partial charge in [-0.15, -0.1) is 0 Å². The minimum Gasteiger partial charge on any atom is -0.462 e. The molecular weight excluding hydrogens is 381 g/mol. The van der Waals surface area contributed by atoms with E-state index in [1.807, 2.05) is 0 Å². The van der Waals surface area contributed by atoms with Gasteiger partial charge in [0, 0.05) is 22.7 Å². The molecule has 0 unspecified atom stereocenters. The Morgan fingerprint density at radius 2 is 1.88 bits per heavy atom. The Labute approximate surface area is 160 Å². The number of unbranched alkanes of at least 4 members (excludes halogenated alkanes) is 2. The van der Waals surface area contributed by atoms with Crippen LogP contribution in [0, 0.1) is 10.1 Å². The van der Waals surface area contributed by atoms with E-state index in [1.165, 1.54) is 24.4 Å². The van der Waals surface area contributed by atoms with E-state index in [9.17, 15) is 14.9 Å². The Morgan fingerprint density at radius 1 is 1.15 bits per heavy atom. The molecule has 7 nitrogen and oxygen atoms in total. The number of aromatic nitrogens is 1. The molecule has 2 rings (SSSR count). The normalized spacial score (nSPS) is 10.4. The number of nitro groups is 1. The van der Waals surface area contributed by atoms with Gasteiger partial charge in [-0.3, -0.25) is 10.1 Å². The first-order chi connectivity index (χ1) is 12.5. The summed E-state index contributed by atoms with van der Waals surface area (Å²) >= 11 is 11.7. The summed E-state index contributed by atoms with van der Waals surface area (Å²) in [6.45, 7) is 0.974.